The molecule has 0 aromatic heterocycles. The molecule has 98 valence electrons. The predicted molar refractivity (Wildman–Crippen MR) is 71.0 cm³/mol. The third kappa shape index (κ3) is 5.02. The van der Waals surface area contributed by atoms with Crippen molar-refractivity contribution in [3.05, 3.63) is 0 Å². The fourth-order valence-electron chi connectivity index (χ4n) is 1.28. The van der Waals surface area contributed by atoms with Crippen LogP contribution in [0.3, 0.4) is 0 Å². The van der Waals surface area contributed by atoms with Crippen LogP contribution in [0.25, 0.3) is 0 Å². The SMILES string of the molecule is CC(C)N(CCCl)CCS(=O)(=O)C(C)(C)C. The molecular weight excluding hydrogens is 246 g/mol. The van der Waals surface area contributed by atoms with E-state index in [0.717, 1.165) is 6.54 Å². The standard InChI is InChI=1S/C11H24ClNO2S/c1-10(2)13(7-6-12)8-9-16(14,15)11(3,4)5/h10H,6-9H2,1-5H3. The molecule has 0 aromatic carbocycles. The first kappa shape index (κ1) is 16.2. The zero-order valence-corrected chi connectivity index (χ0v) is 12.5. The second-order valence-electron chi connectivity index (χ2n) is 5.25. The minimum atomic E-state index is -3.03. The molecule has 16 heavy (non-hydrogen) atoms. The molecule has 3 nitrogen and oxygen atoms in total. The highest BCUT2D eigenvalue weighted by Gasteiger charge is 2.29. The summed E-state index contributed by atoms with van der Waals surface area (Å²) in [5, 5.41) is 0. The van der Waals surface area contributed by atoms with Crippen LogP contribution in [0, 0.1) is 0 Å². The number of nitrogens with zero attached hydrogens (tertiary/aromatic N) is 1. The van der Waals surface area contributed by atoms with Crippen molar-refractivity contribution in [1.29, 1.82) is 0 Å². The fraction of sp³-hybridized carbons (Fsp3) is 1.00. The van der Waals surface area contributed by atoms with Crippen molar-refractivity contribution < 1.29 is 8.42 Å². The van der Waals surface area contributed by atoms with Crippen LogP contribution < -0.4 is 0 Å². The summed E-state index contributed by atoms with van der Waals surface area (Å²) < 4.78 is 23.2. The highest BCUT2D eigenvalue weighted by Crippen LogP contribution is 2.16. The number of rotatable bonds is 6. The highest BCUT2D eigenvalue weighted by molar-refractivity contribution is 7.92. The Balaban J connectivity index is 4.43. The van der Waals surface area contributed by atoms with Gasteiger partial charge in [-0.05, 0) is 34.6 Å². The summed E-state index contributed by atoms with van der Waals surface area (Å²) in [5.74, 6) is 0.735. The van der Waals surface area contributed by atoms with Crippen LogP contribution >= 0.6 is 11.6 Å². The van der Waals surface area contributed by atoms with Gasteiger partial charge in [0.15, 0.2) is 9.84 Å². The second-order valence-corrected chi connectivity index (χ2v) is 8.49. The van der Waals surface area contributed by atoms with Crippen LogP contribution in [0.2, 0.25) is 0 Å². The van der Waals surface area contributed by atoms with E-state index >= 15 is 0 Å². The van der Waals surface area contributed by atoms with E-state index in [-0.39, 0.29) is 5.75 Å². The third-order valence-corrected chi connectivity index (χ3v) is 5.44. The normalized spacial score (nSPS) is 13.8. The molecule has 0 aromatic rings. The van der Waals surface area contributed by atoms with Crippen molar-refractivity contribution in [2.45, 2.75) is 45.4 Å². The lowest BCUT2D eigenvalue weighted by Crippen LogP contribution is -2.40. The number of sulfone groups is 1. The maximum Gasteiger partial charge on any atom is 0.156 e. The van der Waals surface area contributed by atoms with E-state index in [9.17, 15) is 8.42 Å². The van der Waals surface area contributed by atoms with Crippen LogP contribution in [0.15, 0.2) is 0 Å². The Hall–Kier alpha value is 0.200. The van der Waals surface area contributed by atoms with Crippen molar-refractivity contribution >= 4 is 21.4 Å². The van der Waals surface area contributed by atoms with E-state index in [2.05, 4.69) is 18.7 Å². The number of hydrogen-bond acceptors (Lipinski definition) is 3. The number of halogens is 1. The minimum Gasteiger partial charge on any atom is -0.299 e. The summed E-state index contributed by atoms with van der Waals surface area (Å²) in [6.45, 7) is 10.6. The average Bonchev–Trinajstić information content (AvgIpc) is 2.09. The fourth-order valence-corrected chi connectivity index (χ4v) is 2.58. The van der Waals surface area contributed by atoms with Gasteiger partial charge in [0.25, 0.3) is 0 Å². The van der Waals surface area contributed by atoms with E-state index in [1.165, 1.54) is 0 Å². The lowest BCUT2D eigenvalue weighted by molar-refractivity contribution is 0.248. The Kier molecular flexibility index (Phi) is 6.30. The first-order valence-electron chi connectivity index (χ1n) is 5.64. The van der Waals surface area contributed by atoms with Crippen LogP contribution in [-0.4, -0.2) is 48.8 Å². The van der Waals surface area contributed by atoms with Gasteiger partial charge >= 0.3 is 0 Å². The van der Waals surface area contributed by atoms with Crippen LogP contribution in [-0.2, 0) is 9.84 Å². The zero-order valence-electron chi connectivity index (χ0n) is 11.0. The Morgan fingerprint density at radius 1 is 1.19 bits per heavy atom. The molecule has 5 heteroatoms. The van der Waals surface area contributed by atoms with Gasteiger partial charge in [-0.15, -0.1) is 11.6 Å². The molecule has 0 aliphatic carbocycles. The topological polar surface area (TPSA) is 37.4 Å². The summed E-state index contributed by atoms with van der Waals surface area (Å²) in [6, 6.07) is 0.328. The second kappa shape index (κ2) is 6.22. The maximum atomic E-state index is 11.9. The van der Waals surface area contributed by atoms with Gasteiger partial charge in [0, 0.05) is 25.0 Å². The molecule has 0 unspecified atom stereocenters. The summed E-state index contributed by atoms with van der Waals surface area (Å²) in [4.78, 5) is 2.09. The molecule has 0 heterocycles. The van der Waals surface area contributed by atoms with E-state index < -0.39 is 14.6 Å². The maximum absolute atomic E-state index is 11.9. The average molecular weight is 270 g/mol. The van der Waals surface area contributed by atoms with E-state index in [0.29, 0.717) is 18.5 Å². The third-order valence-electron chi connectivity index (χ3n) is 2.68. The molecule has 0 aliphatic heterocycles. The molecule has 0 fully saturated rings. The van der Waals surface area contributed by atoms with Crippen molar-refractivity contribution in [2.75, 3.05) is 24.7 Å². The first-order chi connectivity index (χ1) is 7.12. The van der Waals surface area contributed by atoms with Crippen molar-refractivity contribution in [3.63, 3.8) is 0 Å². The first-order valence-corrected chi connectivity index (χ1v) is 7.83. The van der Waals surface area contributed by atoms with Gasteiger partial charge in [0.1, 0.15) is 0 Å². The molecule has 0 bridgehead atoms. The summed E-state index contributed by atoms with van der Waals surface area (Å²) in [5.41, 5.74) is 0. The highest BCUT2D eigenvalue weighted by atomic mass is 35.5. The van der Waals surface area contributed by atoms with Gasteiger partial charge < -0.3 is 0 Å². The Morgan fingerprint density at radius 3 is 2.00 bits per heavy atom. The van der Waals surface area contributed by atoms with Gasteiger partial charge in [-0.2, -0.15) is 0 Å². The smallest absolute Gasteiger partial charge is 0.156 e. The van der Waals surface area contributed by atoms with Crippen molar-refractivity contribution in [3.8, 4) is 0 Å². The quantitative estimate of drug-likeness (QED) is 0.694. The number of alkyl halides is 1. The molecule has 0 saturated carbocycles. The van der Waals surface area contributed by atoms with Crippen LogP contribution in [0.5, 0.6) is 0 Å². The molecule has 0 N–H and O–H groups in total. The van der Waals surface area contributed by atoms with Crippen molar-refractivity contribution in [2.24, 2.45) is 0 Å². The molecule has 0 amide bonds. The van der Waals surface area contributed by atoms with Crippen molar-refractivity contribution in [1.82, 2.24) is 4.90 Å². The Morgan fingerprint density at radius 2 is 1.69 bits per heavy atom. The zero-order chi connectivity index (χ0) is 13.0. The molecule has 0 aliphatic rings. The van der Waals surface area contributed by atoms with Crippen LogP contribution in [0.1, 0.15) is 34.6 Å². The van der Waals surface area contributed by atoms with E-state index in [1.807, 2.05) is 0 Å². The largest absolute Gasteiger partial charge is 0.299 e. The van der Waals surface area contributed by atoms with E-state index in [4.69, 9.17) is 11.6 Å². The summed E-state index contributed by atoms with van der Waals surface area (Å²) >= 11 is 5.69. The lowest BCUT2D eigenvalue weighted by atomic mass is 10.3. The lowest BCUT2D eigenvalue weighted by Gasteiger charge is -2.27. The molecule has 0 rings (SSSR count). The minimum absolute atomic E-state index is 0.200. The molecule has 0 radical (unpaired) electrons. The molecule has 0 spiro atoms. The van der Waals surface area contributed by atoms with Crippen LogP contribution in [0.4, 0.5) is 0 Å². The molecule has 0 atom stereocenters. The number of hydrogen-bond donors (Lipinski definition) is 0. The predicted octanol–water partition coefficient (Wildman–Crippen LogP) is 2.15. The summed E-state index contributed by atoms with van der Waals surface area (Å²) in [7, 11) is -3.03. The van der Waals surface area contributed by atoms with Gasteiger partial charge in [-0.3, -0.25) is 4.90 Å². The molecular formula is C11H24ClNO2S. The van der Waals surface area contributed by atoms with Gasteiger partial charge in [-0.1, -0.05) is 0 Å². The Labute approximate surface area is 105 Å². The Bertz CT molecular complexity index is 294. The van der Waals surface area contributed by atoms with Gasteiger partial charge in [-0.25, -0.2) is 8.42 Å². The monoisotopic (exact) mass is 269 g/mol. The van der Waals surface area contributed by atoms with Gasteiger partial charge in [0.2, 0.25) is 0 Å². The summed E-state index contributed by atoms with van der Waals surface area (Å²) in [6.07, 6.45) is 0. The van der Waals surface area contributed by atoms with Gasteiger partial charge in [0.05, 0.1) is 10.5 Å². The molecule has 0 saturated heterocycles. The van der Waals surface area contributed by atoms with E-state index in [1.54, 1.807) is 20.8 Å².